The largest absolute Gasteiger partial charge is 0.492 e. The number of benzene rings is 2. The molecule has 2 aliphatic heterocycles. The van der Waals surface area contributed by atoms with E-state index in [9.17, 15) is 4.79 Å². The van der Waals surface area contributed by atoms with Crippen LogP contribution in [0, 0.1) is 6.92 Å². The number of fused-ring (bicyclic) bond motifs is 2. The lowest BCUT2D eigenvalue weighted by Crippen LogP contribution is -2.43. The molecule has 26 heavy (non-hydrogen) atoms. The van der Waals surface area contributed by atoms with Gasteiger partial charge in [0.1, 0.15) is 5.75 Å². The van der Waals surface area contributed by atoms with Gasteiger partial charge in [-0.2, -0.15) is 0 Å². The van der Waals surface area contributed by atoms with Gasteiger partial charge in [0, 0.05) is 17.5 Å². The maximum absolute atomic E-state index is 11.9. The third-order valence-electron chi connectivity index (χ3n) is 5.87. The smallest absolute Gasteiger partial charge is 0.338 e. The SMILES string of the molecule is COC(=O)c1cc2c(cc1C)C1(CCN(Cc3ccccc3)CC1)CO2. The summed E-state index contributed by atoms with van der Waals surface area (Å²) in [5, 5.41) is 0. The fourth-order valence-electron chi connectivity index (χ4n) is 4.24. The van der Waals surface area contributed by atoms with Crippen LogP contribution >= 0.6 is 0 Å². The molecule has 4 rings (SSSR count). The fraction of sp³-hybridized carbons (Fsp3) is 0.409. The number of carbonyl (C=O) groups excluding carboxylic acids is 1. The van der Waals surface area contributed by atoms with Crippen LogP contribution in [0.5, 0.6) is 5.75 Å². The van der Waals surface area contributed by atoms with E-state index in [1.165, 1.54) is 18.2 Å². The lowest BCUT2D eigenvalue weighted by atomic mass is 9.73. The molecule has 2 aromatic rings. The Kier molecular flexibility index (Phi) is 4.45. The molecular formula is C22H25NO3. The van der Waals surface area contributed by atoms with Crippen molar-refractivity contribution in [3.05, 3.63) is 64.7 Å². The van der Waals surface area contributed by atoms with Crippen LogP contribution in [0.1, 0.15) is 39.9 Å². The summed E-state index contributed by atoms with van der Waals surface area (Å²) in [6, 6.07) is 14.6. The summed E-state index contributed by atoms with van der Waals surface area (Å²) in [5.74, 6) is 0.556. The Labute approximate surface area is 154 Å². The maximum atomic E-state index is 11.9. The first-order valence-electron chi connectivity index (χ1n) is 9.24. The molecule has 136 valence electrons. The van der Waals surface area contributed by atoms with Crippen LogP contribution in [0.4, 0.5) is 0 Å². The molecular weight excluding hydrogens is 326 g/mol. The van der Waals surface area contributed by atoms with Crippen molar-refractivity contribution in [3.8, 4) is 5.75 Å². The third kappa shape index (κ3) is 2.99. The van der Waals surface area contributed by atoms with Crippen LogP contribution in [-0.4, -0.2) is 37.7 Å². The Morgan fingerprint density at radius 1 is 1.19 bits per heavy atom. The molecule has 4 nitrogen and oxygen atoms in total. The second-order valence-corrected chi connectivity index (χ2v) is 7.49. The fourth-order valence-corrected chi connectivity index (χ4v) is 4.24. The van der Waals surface area contributed by atoms with Gasteiger partial charge < -0.3 is 9.47 Å². The highest BCUT2D eigenvalue weighted by Gasteiger charge is 2.43. The van der Waals surface area contributed by atoms with E-state index in [0.29, 0.717) is 12.2 Å². The highest BCUT2D eigenvalue weighted by molar-refractivity contribution is 5.91. The molecule has 0 saturated carbocycles. The first-order valence-corrected chi connectivity index (χ1v) is 9.24. The normalized spacial score (nSPS) is 18.4. The number of methoxy groups -OCH3 is 1. The van der Waals surface area contributed by atoms with E-state index < -0.39 is 0 Å². The molecule has 0 atom stereocenters. The van der Waals surface area contributed by atoms with Crippen molar-refractivity contribution >= 4 is 5.97 Å². The Balaban J connectivity index is 1.51. The zero-order chi connectivity index (χ0) is 18.1. The second kappa shape index (κ2) is 6.76. The molecule has 4 heteroatoms. The summed E-state index contributed by atoms with van der Waals surface area (Å²) in [7, 11) is 1.42. The number of carbonyl (C=O) groups is 1. The number of nitrogens with zero attached hydrogens (tertiary/aromatic N) is 1. The average molecular weight is 351 g/mol. The highest BCUT2D eigenvalue weighted by atomic mass is 16.5. The lowest BCUT2D eigenvalue weighted by Gasteiger charge is -2.38. The molecule has 0 N–H and O–H groups in total. The monoisotopic (exact) mass is 351 g/mol. The molecule has 2 aromatic carbocycles. The number of esters is 1. The van der Waals surface area contributed by atoms with Crippen molar-refractivity contribution in [3.63, 3.8) is 0 Å². The molecule has 1 fully saturated rings. The Morgan fingerprint density at radius 2 is 1.92 bits per heavy atom. The van der Waals surface area contributed by atoms with Gasteiger partial charge in [0.15, 0.2) is 0 Å². The minimum absolute atomic E-state index is 0.0852. The lowest BCUT2D eigenvalue weighted by molar-refractivity contribution is 0.0599. The number of ether oxygens (including phenoxy) is 2. The van der Waals surface area contributed by atoms with Crippen LogP contribution in [0.25, 0.3) is 0 Å². The summed E-state index contributed by atoms with van der Waals surface area (Å²) in [5.41, 5.74) is 4.28. The van der Waals surface area contributed by atoms with Crippen LogP contribution in [-0.2, 0) is 16.7 Å². The molecule has 1 spiro atoms. The molecule has 2 aliphatic rings. The van der Waals surface area contributed by atoms with Crippen molar-refractivity contribution in [2.75, 3.05) is 26.8 Å². The summed E-state index contributed by atoms with van der Waals surface area (Å²) < 4.78 is 10.9. The minimum atomic E-state index is -0.299. The van der Waals surface area contributed by atoms with Gasteiger partial charge in [-0.05, 0) is 50.0 Å². The van der Waals surface area contributed by atoms with Gasteiger partial charge in [-0.25, -0.2) is 4.79 Å². The molecule has 1 saturated heterocycles. The zero-order valence-electron chi connectivity index (χ0n) is 15.5. The van der Waals surface area contributed by atoms with Gasteiger partial charge in [0.2, 0.25) is 0 Å². The second-order valence-electron chi connectivity index (χ2n) is 7.49. The maximum Gasteiger partial charge on any atom is 0.338 e. The quantitative estimate of drug-likeness (QED) is 0.790. The van der Waals surface area contributed by atoms with E-state index in [4.69, 9.17) is 9.47 Å². The number of piperidine rings is 1. The number of rotatable bonds is 3. The predicted molar refractivity (Wildman–Crippen MR) is 101 cm³/mol. The van der Waals surface area contributed by atoms with Crippen LogP contribution in [0.2, 0.25) is 0 Å². The predicted octanol–water partition coefficient (Wildman–Crippen LogP) is 3.71. The van der Waals surface area contributed by atoms with Crippen molar-refractivity contribution in [2.24, 2.45) is 0 Å². The van der Waals surface area contributed by atoms with Crippen molar-refractivity contribution in [2.45, 2.75) is 31.7 Å². The van der Waals surface area contributed by atoms with Crippen molar-refractivity contribution < 1.29 is 14.3 Å². The molecule has 0 aromatic heterocycles. The van der Waals surface area contributed by atoms with Crippen molar-refractivity contribution in [1.29, 1.82) is 0 Å². The van der Waals surface area contributed by atoms with Gasteiger partial charge in [-0.15, -0.1) is 0 Å². The van der Waals surface area contributed by atoms with Gasteiger partial charge in [0.25, 0.3) is 0 Å². The van der Waals surface area contributed by atoms with Gasteiger partial charge >= 0.3 is 5.97 Å². The molecule has 0 unspecified atom stereocenters. The Bertz CT molecular complexity index is 808. The third-order valence-corrected chi connectivity index (χ3v) is 5.87. The standard InChI is InChI=1S/C22H25NO3/c1-16-12-19-20(13-18(16)21(24)25-2)26-15-22(19)8-10-23(11-9-22)14-17-6-4-3-5-7-17/h3-7,12-13H,8-11,14-15H2,1-2H3. The van der Waals surface area contributed by atoms with E-state index in [2.05, 4.69) is 41.3 Å². The van der Waals surface area contributed by atoms with E-state index in [1.54, 1.807) is 0 Å². The molecule has 0 radical (unpaired) electrons. The summed E-state index contributed by atoms with van der Waals surface area (Å²) >= 11 is 0. The Morgan fingerprint density at radius 3 is 2.62 bits per heavy atom. The summed E-state index contributed by atoms with van der Waals surface area (Å²) in [6.45, 7) is 5.82. The average Bonchev–Trinajstić information content (AvgIpc) is 3.01. The summed E-state index contributed by atoms with van der Waals surface area (Å²) in [6.07, 6.45) is 2.17. The molecule has 0 aliphatic carbocycles. The molecule has 2 heterocycles. The Hall–Kier alpha value is -2.33. The van der Waals surface area contributed by atoms with Crippen molar-refractivity contribution in [1.82, 2.24) is 4.90 Å². The first kappa shape index (κ1) is 17.1. The zero-order valence-corrected chi connectivity index (χ0v) is 15.5. The molecule has 0 bridgehead atoms. The van der Waals surface area contributed by atoms with Crippen LogP contribution in [0.15, 0.2) is 42.5 Å². The van der Waals surface area contributed by atoms with Gasteiger partial charge in [0.05, 0.1) is 19.3 Å². The van der Waals surface area contributed by atoms with E-state index in [1.807, 2.05) is 13.0 Å². The van der Waals surface area contributed by atoms with Gasteiger partial charge in [-0.1, -0.05) is 36.4 Å². The number of hydrogen-bond acceptors (Lipinski definition) is 4. The number of likely N-dealkylation sites (tertiary alicyclic amines) is 1. The number of hydrogen-bond donors (Lipinski definition) is 0. The highest BCUT2D eigenvalue weighted by Crippen LogP contribution is 2.46. The van der Waals surface area contributed by atoms with E-state index >= 15 is 0 Å². The molecule has 0 amide bonds. The minimum Gasteiger partial charge on any atom is -0.492 e. The topological polar surface area (TPSA) is 38.8 Å². The van der Waals surface area contributed by atoms with Gasteiger partial charge in [-0.3, -0.25) is 4.90 Å². The number of aryl methyl sites for hydroxylation is 1. The van der Waals surface area contributed by atoms with E-state index in [-0.39, 0.29) is 11.4 Å². The summed E-state index contributed by atoms with van der Waals surface area (Å²) in [4.78, 5) is 14.5. The van der Waals surface area contributed by atoms with E-state index in [0.717, 1.165) is 43.8 Å². The first-order chi connectivity index (χ1) is 12.6. The van der Waals surface area contributed by atoms with Crippen LogP contribution < -0.4 is 4.74 Å². The van der Waals surface area contributed by atoms with Crippen LogP contribution in [0.3, 0.4) is 0 Å².